The van der Waals surface area contributed by atoms with Crippen LogP contribution in [-0.2, 0) is 20.5 Å². The summed E-state index contributed by atoms with van der Waals surface area (Å²) in [7, 11) is 0.974. The van der Waals surface area contributed by atoms with E-state index in [2.05, 4.69) is 0 Å². The van der Waals surface area contributed by atoms with Crippen molar-refractivity contribution in [3.8, 4) is 5.75 Å². The number of ether oxygens (including phenoxy) is 1. The summed E-state index contributed by atoms with van der Waals surface area (Å²) >= 11 is 0. The minimum absolute atomic E-state index is 0.0484. The van der Waals surface area contributed by atoms with Crippen molar-refractivity contribution in [1.29, 1.82) is 0 Å². The normalized spacial score (nSPS) is 21.7. The van der Waals surface area contributed by atoms with Crippen LogP contribution in [0.4, 0.5) is 13.2 Å². The fourth-order valence-corrected chi connectivity index (χ4v) is 3.76. The highest BCUT2D eigenvalue weighted by Gasteiger charge is 2.51. The first-order valence-corrected chi connectivity index (χ1v) is 10.2. The number of rotatable bonds is 4. The maximum atomic E-state index is 12.8. The number of likely N-dealkylation sites (tertiary alicyclic amines) is 1. The molecule has 166 valence electrons. The zero-order valence-corrected chi connectivity index (χ0v) is 18.1. The zero-order chi connectivity index (χ0) is 22.3. The molecule has 2 aliphatic rings. The standard InChI is InChI=1S/C21H29BF3NO4/c1-19(2)20(3,4)30-22(29-19)16-7-6-14(17(13-16)28-5)12-18(27)26-10-8-15(9-11-26)21(23,24)25/h6-7,13,15H,8-12H2,1-5H3. The topological polar surface area (TPSA) is 48.0 Å². The van der Waals surface area contributed by atoms with E-state index >= 15 is 0 Å². The van der Waals surface area contributed by atoms with Crippen molar-refractivity contribution in [2.45, 2.75) is 64.3 Å². The van der Waals surface area contributed by atoms with Gasteiger partial charge in [-0.3, -0.25) is 4.79 Å². The third kappa shape index (κ3) is 4.62. The Labute approximate surface area is 176 Å². The Bertz CT molecular complexity index is 773. The van der Waals surface area contributed by atoms with Gasteiger partial charge < -0.3 is 18.9 Å². The minimum atomic E-state index is -4.19. The van der Waals surface area contributed by atoms with Crippen LogP contribution in [-0.4, -0.2) is 55.5 Å². The molecular weight excluding hydrogens is 398 g/mol. The lowest BCUT2D eigenvalue weighted by Crippen LogP contribution is -2.42. The third-order valence-electron chi connectivity index (χ3n) is 6.49. The van der Waals surface area contributed by atoms with Crippen molar-refractivity contribution in [3.63, 3.8) is 0 Å². The molecule has 5 nitrogen and oxygen atoms in total. The average Bonchev–Trinajstić information content (AvgIpc) is 2.88. The van der Waals surface area contributed by atoms with E-state index in [-0.39, 0.29) is 38.3 Å². The Balaban J connectivity index is 1.67. The van der Waals surface area contributed by atoms with Gasteiger partial charge in [0, 0.05) is 18.7 Å². The molecule has 0 bridgehead atoms. The molecule has 0 spiro atoms. The molecule has 30 heavy (non-hydrogen) atoms. The van der Waals surface area contributed by atoms with Gasteiger partial charge in [0.25, 0.3) is 0 Å². The van der Waals surface area contributed by atoms with Crippen LogP contribution in [0.5, 0.6) is 5.75 Å². The molecule has 0 aromatic heterocycles. The van der Waals surface area contributed by atoms with E-state index in [1.54, 1.807) is 12.1 Å². The van der Waals surface area contributed by atoms with Gasteiger partial charge in [-0.25, -0.2) is 0 Å². The number of amides is 1. The first kappa shape index (κ1) is 22.9. The van der Waals surface area contributed by atoms with Gasteiger partial charge in [-0.05, 0) is 52.1 Å². The number of carbonyl (C=O) groups excluding carboxylic acids is 1. The van der Waals surface area contributed by atoms with Crippen LogP contribution in [0.3, 0.4) is 0 Å². The van der Waals surface area contributed by atoms with Crippen molar-refractivity contribution in [3.05, 3.63) is 23.8 Å². The van der Waals surface area contributed by atoms with Gasteiger partial charge >= 0.3 is 13.3 Å². The largest absolute Gasteiger partial charge is 0.496 e. The van der Waals surface area contributed by atoms with Crippen molar-refractivity contribution in [2.24, 2.45) is 5.92 Å². The van der Waals surface area contributed by atoms with Gasteiger partial charge in [0.2, 0.25) is 5.91 Å². The monoisotopic (exact) mass is 427 g/mol. The molecule has 9 heteroatoms. The number of hydrogen-bond donors (Lipinski definition) is 0. The van der Waals surface area contributed by atoms with Crippen molar-refractivity contribution >= 4 is 18.5 Å². The summed E-state index contributed by atoms with van der Waals surface area (Å²) in [6, 6.07) is 5.42. The highest BCUT2D eigenvalue weighted by Crippen LogP contribution is 2.37. The van der Waals surface area contributed by atoms with Gasteiger partial charge in [-0.1, -0.05) is 12.1 Å². The number of halogens is 3. The van der Waals surface area contributed by atoms with E-state index < -0.39 is 30.4 Å². The molecule has 0 N–H and O–H groups in total. The molecule has 2 saturated heterocycles. The molecule has 2 heterocycles. The fourth-order valence-electron chi connectivity index (χ4n) is 3.76. The first-order valence-electron chi connectivity index (χ1n) is 10.2. The zero-order valence-electron chi connectivity index (χ0n) is 18.1. The van der Waals surface area contributed by atoms with Crippen molar-refractivity contribution in [2.75, 3.05) is 20.2 Å². The van der Waals surface area contributed by atoms with E-state index in [0.29, 0.717) is 11.3 Å². The summed E-state index contributed by atoms with van der Waals surface area (Å²) in [6.07, 6.45) is -4.22. The molecule has 2 aliphatic heterocycles. The van der Waals surface area contributed by atoms with E-state index in [0.717, 1.165) is 5.46 Å². The van der Waals surface area contributed by atoms with E-state index in [9.17, 15) is 18.0 Å². The maximum Gasteiger partial charge on any atom is 0.494 e. The maximum absolute atomic E-state index is 12.8. The Morgan fingerprint density at radius 3 is 2.23 bits per heavy atom. The van der Waals surface area contributed by atoms with Crippen LogP contribution in [0.2, 0.25) is 0 Å². The second-order valence-electron chi connectivity index (χ2n) is 9.03. The summed E-state index contributed by atoms with van der Waals surface area (Å²) in [6.45, 7) is 8.13. The van der Waals surface area contributed by atoms with E-state index in [4.69, 9.17) is 14.0 Å². The van der Waals surface area contributed by atoms with Crippen LogP contribution in [0.15, 0.2) is 18.2 Å². The van der Waals surface area contributed by atoms with Gasteiger partial charge in [-0.2, -0.15) is 13.2 Å². The highest BCUT2D eigenvalue weighted by molar-refractivity contribution is 6.62. The molecule has 1 aromatic rings. The van der Waals surface area contributed by atoms with Gasteiger partial charge in [0.1, 0.15) is 5.75 Å². The third-order valence-corrected chi connectivity index (χ3v) is 6.49. The average molecular weight is 427 g/mol. The van der Waals surface area contributed by atoms with Gasteiger partial charge in [0.05, 0.1) is 30.7 Å². The van der Waals surface area contributed by atoms with Crippen LogP contribution in [0.25, 0.3) is 0 Å². The van der Waals surface area contributed by atoms with Crippen LogP contribution in [0, 0.1) is 5.92 Å². The molecule has 3 rings (SSSR count). The van der Waals surface area contributed by atoms with Gasteiger partial charge in [-0.15, -0.1) is 0 Å². The SMILES string of the molecule is COc1cc(B2OC(C)(C)C(C)(C)O2)ccc1CC(=O)N1CCC(C(F)(F)F)CC1. The fraction of sp³-hybridized carbons (Fsp3) is 0.667. The Hall–Kier alpha value is -1.74. The summed E-state index contributed by atoms with van der Waals surface area (Å²) in [5.74, 6) is -0.992. The summed E-state index contributed by atoms with van der Waals surface area (Å²) in [5, 5.41) is 0. The Kier molecular flexibility index (Phi) is 6.17. The molecule has 0 atom stereocenters. The lowest BCUT2D eigenvalue weighted by Gasteiger charge is -2.33. The predicted molar refractivity (Wildman–Crippen MR) is 108 cm³/mol. The Morgan fingerprint density at radius 1 is 1.17 bits per heavy atom. The van der Waals surface area contributed by atoms with E-state index in [1.807, 2.05) is 33.8 Å². The molecular formula is C21H29BF3NO4. The molecule has 2 fully saturated rings. The molecule has 1 amide bonds. The second-order valence-corrected chi connectivity index (χ2v) is 9.03. The van der Waals surface area contributed by atoms with Crippen LogP contribution >= 0.6 is 0 Å². The Morgan fingerprint density at radius 2 is 1.73 bits per heavy atom. The number of piperidine rings is 1. The summed E-state index contributed by atoms with van der Waals surface area (Å²) in [4.78, 5) is 14.1. The number of nitrogens with zero attached hydrogens (tertiary/aromatic N) is 1. The molecule has 0 aliphatic carbocycles. The van der Waals surface area contributed by atoms with Gasteiger partial charge in [0.15, 0.2) is 0 Å². The number of hydrogen-bond acceptors (Lipinski definition) is 4. The number of benzene rings is 1. The molecule has 0 radical (unpaired) electrons. The lowest BCUT2D eigenvalue weighted by atomic mass is 9.78. The molecule has 1 aromatic carbocycles. The summed E-state index contributed by atoms with van der Waals surface area (Å²) in [5.41, 5.74) is 0.526. The predicted octanol–water partition coefficient (Wildman–Crippen LogP) is 3.34. The second kappa shape index (κ2) is 8.07. The van der Waals surface area contributed by atoms with Crippen LogP contribution in [0.1, 0.15) is 46.1 Å². The number of carbonyl (C=O) groups is 1. The lowest BCUT2D eigenvalue weighted by molar-refractivity contribution is -0.186. The van der Waals surface area contributed by atoms with Crippen molar-refractivity contribution in [1.82, 2.24) is 4.90 Å². The molecule has 0 unspecified atom stereocenters. The minimum Gasteiger partial charge on any atom is -0.496 e. The number of methoxy groups -OCH3 is 1. The first-order chi connectivity index (χ1) is 13.8. The number of alkyl halides is 3. The van der Waals surface area contributed by atoms with Crippen LogP contribution < -0.4 is 10.2 Å². The summed E-state index contributed by atoms with van der Waals surface area (Å²) < 4.78 is 56.1. The smallest absolute Gasteiger partial charge is 0.494 e. The molecule has 0 saturated carbocycles. The highest BCUT2D eigenvalue weighted by atomic mass is 19.4. The van der Waals surface area contributed by atoms with E-state index in [1.165, 1.54) is 12.0 Å². The van der Waals surface area contributed by atoms with Crippen molar-refractivity contribution < 1.29 is 32.0 Å². The quantitative estimate of drug-likeness (QED) is 0.692.